The quantitative estimate of drug-likeness (QED) is 0.395. The van der Waals surface area contributed by atoms with Gasteiger partial charge in [0.25, 0.3) is 0 Å². The second kappa shape index (κ2) is 9.77. The Morgan fingerprint density at radius 1 is 0.886 bits per heavy atom. The molecule has 0 aliphatic carbocycles. The Hall–Kier alpha value is -4.52. The van der Waals surface area contributed by atoms with Crippen LogP contribution in [0.25, 0.3) is 5.69 Å². The lowest BCUT2D eigenvalue weighted by molar-refractivity contribution is -0.115. The van der Waals surface area contributed by atoms with Gasteiger partial charge in [-0.05, 0) is 54.1 Å². The number of hydrogen-bond donors (Lipinski definition) is 2. The molecule has 0 saturated carbocycles. The monoisotopic (exact) mass is 467 g/mol. The summed E-state index contributed by atoms with van der Waals surface area (Å²) in [5.41, 5.74) is 3.46. The van der Waals surface area contributed by atoms with E-state index in [2.05, 4.69) is 10.2 Å². The molecule has 4 aromatic rings. The molecule has 1 saturated heterocycles. The molecule has 3 aromatic carbocycles. The summed E-state index contributed by atoms with van der Waals surface area (Å²) in [5.74, 6) is -0.283. The molecule has 0 bridgehead atoms. The summed E-state index contributed by atoms with van der Waals surface area (Å²) in [6, 6.07) is 26.0. The fourth-order valence-electron chi connectivity index (χ4n) is 4.21. The van der Waals surface area contributed by atoms with Crippen LogP contribution in [0.15, 0.2) is 97.3 Å². The Morgan fingerprint density at radius 2 is 1.60 bits per heavy atom. The molecule has 7 heteroatoms. The summed E-state index contributed by atoms with van der Waals surface area (Å²) in [4.78, 5) is 26.2. The maximum Gasteiger partial charge on any atom is 0.337 e. The number of aromatic nitrogens is 1. The van der Waals surface area contributed by atoms with Gasteiger partial charge >= 0.3 is 5.97 Å². The van der Waals surface area contributed by atoms with E-state index in [0.717, 1.165) is 22.7 Å². The molecular weight excluding hydrogens is 442 g/mol. The number of ether oxygens (including phenoxy) is 1. The number of nitrogens with zero attached hydrogens (tertiary/aromatic N) is 2. The maximum atomic E-state index is 12.3. The van der Waals surface area contributed by atoms with Crippen LogP contribution < -0.4 is 15.0 Å². The second-order valence-electron chi connectivity index (χ2n) is 8.45. The summed E-state index contributed by atoms with van der Waals surface area (Å²) in [5, 5.41) is 12.6. The zero-order valence-electron chi connectivity index (χ0n) is 19.0. The normalized spacial score (nSPS) is 13.2. The van der Waals surface area contributed by atoms with Gasteiger partial charge in [0.1, 0.15) is 11.9 Å². The van der Waals surface area contributed by atoms with E-state index in [-0.39, 0.29) is 24.0 Å². The Kier molecular flexibility index (Phi) is 6.22. The largest absolute Gasteiger partial charge is 0.487 e. The van der Waals surface area contributed by atoms with Crippen LogP contribution in [0.2, 0.25) is 0 Å². The lowest BCUT2D eigenvalue weighted by Crippen LogP contribution is -2.54. The highest BCUT2D eigenvalue weighted by Gasteiger charge is 2.31. The fourth-order valence-corrected chi connectivity index (χ4v) is 4.21. The SMILES string of the molecule is O=C(Cc1ccc(OC2CN(c3cccc(C(=O)O)c3-n3cccc3)C2)cc1)Nc1ccccc1. The van der Waals surface area contributed by atoms with Crippen LogP contribution in [-0.4, -0.2) is 40.7 Å². The van der Waals surface area contributed by atoms with Crippen LogP contribution in [0.1, 0.15) is 15.9 Å². The van der Waals surface area contributed by atoms with Crippen LogP contribution in [0.4, 0.5) is 11.4 Å². The van der Waals surface area contributed by atoms with Crippen LogP contribution >= 0.6 is 0 Å². The summed E-state index contributed by atoms with van der Waals surface area (Å²) >= 11 is 0. The number of carbonyl (C=O) groups is 2. The van der Waals surface area contributed by atoms with Gasteiger partial charge in [-0.2, -0.15) is 0 Å². The van der Waals surface area contributed by atoms with Gasteiger partial charge < -0.3 is 24.6 Å². The van der Waals surface area contributed by atoms with Gasteiger partial charge in [0.2, 0.25) is 5.91 Å². The molecule has 0 unspecified atom stereocenters. The van der Waals surface area contributed by atoms with E-state index < -0.39 is 5.97 Å². The number of para-hydroxylation sites is 2. The highest BCUT2D eigenvalue weighted by atomic mass is 16.5. The fraction of sp³-hybridized carbons (Fsp3) is 0.143. The molecule has 1 aliphatic heterocycles. The minimum absolute atomic E-state index is 0.00627. The smallest absolute Gasteiger partial charge is 0.337 e. The van der Waals surface area contributed by atoms with Gasteiger partial charge in [0.15, 0.2) is 0 Å². The van der Waals surface area contributed by atoms with Gasteiger partial charge in [-0.15, -0.1) is 0 Å². The molecule has 2 heterocycles. The Morgan fingerprint density at radius 3 is 2.29 bits per heavy atom. The summed E-state index contributed by atoms with van der Waals surface area (Å²) in [6.45, 7) is 1.30. The number of carbonyl (C=O) groups excluding carboxylic acids is 1. The van der Waals surface area contributed by atoms with Crippen molar-refractivity contribution in [2.45, 2.75) is 12.5 Å². The molecule has 1 aliphatic rings. The first-order valence-electron chi connectivity index (χ1n) is 11.4. The number of carboxylic acid groups (broad SMARTS) is 1. The van der Waals surface area contributed by atoms with Crippen molar-refractivity contribution in [1.82, 2.24) is 4.57 Å². The summed E-state index contributed by atoms with van der Waals surface area (Å²) < 4.78 is 7.93. The number of nitrogens with one attached hydrogen (secondary N) is 1. The average molecular weight is 468 g/mol. The summed E-state index contributed by atoms with van der Waals surface area (Å²) in [6.07, 6.45) is 3.98. The first-order chi connectivity index (χ1) is 17.1. The van der Waals surface area contributed by atoms with E-state index in [1.165, 1.54) is 0 Å². The van der Waals surface area contributed by atoms with Crippen molar-refractivity contribution < 1.29 is 19.4 Å². The molecule has 176 valence electrons. The van der Waals surface area contributed by atoms with Gasteiger partial charge in [-0.3, -0.25) is 4.79 Å². The third-order valence-corrected chi connectivity index (χ3v) is 5.94. The van der Waals surface area contributed by atoms with Crippen LogP contribution in [0, 0.1) is 0 Å². The predicted molar refractivity (Wildman–Crippen MR) is 135 cm³/mol. The highest BCUT2D eigenvalue weighted by molar-refractivity contribution is 5.95. The molecule has 35 heavy (non-hydrogen) atoms. The Labute approximate surface area is 203 Å². The number of carboxylic acids is 1. The van der Waals surface area contributed by atoms with Crippen molar-refractivity contribution in [1.29, 1.82) is 0 Å². The van der Waals surface area contributed by atoms with Gasteiger partial charge in [0.05, 0.1) is 36.4 Å². The van der Waals surface area contributed by atoms with Gasteiger partial charge in [0, 0.05) is 18.1 Å². The Balaban J connectivity index is 1.19. The van der Waals surface area contributed by atoms with Crippen molar-refractivity contribution in [3.8, 4) is 11.4 Å². The summed E-state index contributed by atoms with van der Waals surface area (Å²) in [7, 11) is 0. The molecule has 1 fully saturated rings. The number of anilines is 2. The molecule has 0 radical (unpaired) electrons. The predicted octanol–water partition coefficient (Wildman–Crippen LogP) is 4.62. The zero-order chi connectivity index (χ0) is 24.2. The molecule has 1 amide bonds. The number of amides is 1. The van der Waals surface area contributed by atoms with Crippen LogP contribution in [0.5, 0.6) is 5.75 Å². The minimum Gasteiger partial charge on any atom is -0.487 e. The third-order valence-electron chi connectivity index (χ3n) is 5.94. The van der Waals surface area contributed by atoms with E-state index in [4.69, 9.17) is 4.74 Å². The lowest BCUT2D eigenvalue weighted by Gasteiger charge is -2.41. The number of aromatic carboxylic acids is 1. The van der Waals surface area contributed by atoms with E-state index in [1.54, 1.807) is 12.1 Å². The Bertz CT molecular complexity index is 1310. The van der Waals surface area contributed by atoms with Crippen molar-refractivity contribution in [3.05, 3.63) is 108 Å². The van der Waals surface area contributed by atoms with E-state index in [9.17, 15) is 14.7 Å². The van der Waals surface area contributed by atoms with E-state index in [1.807, 2.05) is 89.8 Å². The molecule has 1 aromatic heterocycles. The third kappa shape index (κ3) is 5.04. The first-order valence-corrected chi connectivity index (χ1v) is 11.4. The zero-order valence-corrected chi connectivity index (χ0v) is 19.0. The van der Waals surface area contributed by atoms with Crippen LogP contribution in [0.3, 0.4) is 0 Å². The number of hydrogen-bond acceptors (Lipinski definition) is 4. The van der Waals surface area contributed by atoms with Crippen molar-refractivity contribution in [3.63, 3.8) is 0 Å². The van der Waals surface area contributed by atoms with Crippen molar-refractivity contribution in [2.24, 2.45) is 0 Å². The average Bonchev–Trinajstić information content (AvgIpc) is 3.37. The number of benzene rings is 3. The highest BCUT2D eigenvalue weighted by Crippen LogP contribution is 2.32. The standard InChI is InChI=1S/C28H25N3O4/c32-26(29-21-7-2-1-3-8-21)17-20-11-13-22(14-12-20)35-23-18-31(19-23)25-10-6-9-24(28(33)34)27(25)30-15-4-5-16-30/h1-16,23H,17-19H2,(H,29,32)(H,33,34). The molecular formula is C28H25N3O4. The van der Waals surface area contributed by atoms with Crippen LogP contribution in [-0.2, 0) is 11.2 Å². The van der Waals surface area contributed by atoms with Crippen molar-refractivity contribution in [2.75, 3.05) is 23.3 Å². The molecule has 0 atom stereocenters. The molecule has 0 spiro atoms. The number of rotatable bonds is 8. The molecule has 5 rings (SSSR count). The second-order valence-corrected chi connectivity index (χ2v) is 8.45. The minimum atomic E-state index is -0.957. The topological polar surface area (TPSA) is 83.8 Å². The van der Waals surface area contributed by atoms with Gasteiger partial charge in [-0.1, -0.05) is 36.4 Å². The van der Waals surface area contributed by atoms with E-state index in [0.29, 0.717) is 18.8 Å². The molecule has 2 N–H and O–H groups in total. The van der Waals surface area contributed by atoms with Gasteiger partial charge in [-0.25, -0.2) is 4.79 Å². The van der Waals surface area contributed by atoms with E-state index >= 15 is 0 Å². The first kappa shape index (κ1) is 22.3. The maximum absolute atomic E-state index is 12.3. The lowest BCUT2D eigenvalue weighted by atomic mass is 10.1. The van der Waals surface area contributed by atoms with Crippen molar-refractivity contribution >= 4 is 23.3 Å². The molecule has 7 nitrogen and oxygen atoms in total.